The summed E-state index contributed by atoms with van der Waals surface area (Å²) >= 11 is 0. The van der Waals surface area contributed by atoms with E-state index in [1.807, 2.05) is 17.7 Å². The van der Waals surface area contributed by atoms with Crippen LogP contribution in [0.3, 0.4) is 0 Å². The second-order valence-corrected chi connectivity index (χ2v) is 7.81. The molecule has 24 heavy (non-hydrogen) atoms. The van der Waals surface area contributed by atoms with E-state index < -0.39 is 10.0 Å². The van der Waals surface area contributed by atoms with Gasteiger partial charge in [0.15, 0.2) is 5.76 Å². The van der Waals surface area contributed by atoms with E-state index in [-0.39, 0.29) is 24.3 Å². The molecular weight excluding hydrogens is 332 g/mol. The molecule has 130 valence electrons. The summed E-state index contributed by atoms with van der Waals surface area (Å²) in [7, 11) is -3.33. The molecule has 1 amide bonds. The predicted molar refractivity (Wildman–Crippen MR) is 86.8 cm³/mol. The van der Waals surface area contributed by atoms with Gasteiger partial charge in [0.25, 0.3) is 5.91 Å². The molecule has 2 aromatic rings. The van der Waals surface area contributed by atoms with Gasteiger partial charge in [-0.15, -0.1) is 0 Å². The van der Waals surface area contributed by atoms with Crippen LogP contribution in [0.15, 0.2) is 29.0 Å². The molecule has 0 saturated heterocycles. The molecule has 1 aliphatic rings. The SMILES string of the molecule is Cc1ccoc1C(=O)N1Cc2ccnn2CC[C@H]1CNS(C)(=O)=O. The summed E-state index contributed by atoms with van der Waals surface area (Å²) in [4.78, 5) is 14.6. The molecular formula is C15H20N4O4S. The zero-order valence-corrected chi connectivity index (χ0v) is 14.4. The minimum Gasteiger partial charge on any atom is -0.459 e. The first kappa shape index (κ1) is 16.7. The van der Waals surface area contributed by atoms with Crippen molar-refractivity contribution in [2.45, 2.75) is 32.5 Å². The predicted octanol–water partition coefficient (Wildman–Crippen LogP) is 0.748. The van der Waals surface area contributed by atoms with E-state index in [4.69, 9.17) is 4.42 Å². The Balaban J connectivity index is 1.89. The molecule has 3 rings (SSSR count). The maximum absolute atomic E-state index is 12.9. The van der Waals surface area contributed by atoms with E-state index >= 15 is 0 Å². The number of carbonyl (C=O) groups is 1. The maximum Gasteiger partial charge on any atom is 0.290 e. The highest BCUT2D eigenvalue weighted by Gasteiger charge is 2.31. The molecule has 2 aromatic heterocycles. The zero-order chi connectivity index (χ0) is 17.3. The number of amides is 1. The first-order valence-corrected chi connectivity index (χ1v) is 9.54. The number of carbonyl (C=O) groups excluding carboxylic acids is 1. The van der Waals surface area contributed by atoms with E-state index in [1.54, 1.807) is 17.2 Å². The van der Waals surface area contributed by atoms with E-state index in [9.17, 15) is 13.2 Å². The van der Waals surface area contributed by atoms with Crippen molar-refractivity contribution < 1.29 is 17.6 Å². The number of hydrogen-bond donors (Lipinski definition) is 1. The van der Waals surface area contributed by atoms with Gasteiger partial charge >= 0.3 is 0 Å². The van der Waals surface area contributed by atoms with E-state index in [0.717, 1.165) is 17.5 Å². The Morgan fingerprint density at radius 3 is 2.92 bits per heavy atom. The lowest BCUT2D eigenvalue weighted by atomic mass is 10.1. The fourth-order valence-electron chi connectivity index (χ4n) is 2.85. The minimum atomic E-state index is -3.33. The van der Waals surface area contributed by atoms with Gasteiger partial charge in [-0.05, 0) is 25.5 Å². The average molecular weight is 352 g/mol. The van der Waals surface area contributed by atoms with Crippen molar-refractivity contribution in [2.75, 3.05) is 12.8 Å². The Kier molecular flexibility index (Phi) is 4.46. The third-order valence-electron chi connectivity index (χ3n) is 4.15. The quantitative estimate of drug-likeness (QED) is 0.876. The summed E-state index contributed by atoms with van der Waals surface area (Å²) in [6.07, 6.45) is 4.89. The Hall–Kier alpha value is -2.13. The van der Waals surface area contributed by atoms with Crippen LogP contribution in [0.4, 0.5) is 0 Å². The molecule has 3 heterocycles. The van der Waals surface area contributed by atoms with Crippen molar-refractivity contribution in [2.24, 2.45) is 0 Å². The number of rotatable bonds is 4. The molecule has 0 radical (unpaired) electrons. The molecule has 1 aliphatic heterocycles. The number of nitrogens with zero attached hydrogens (tertiary/aromatic N) is 3. The van der Waals surface area contributed by atoms with Crippen LogP contribution in [0.25, 0.3) is 0 Å². The van der Waals surface area contributed by atoms with Gasteiger partial charge in [-0.25, -0.2) is 13.1 Å². The largest absolute Gasteiger partial charge is 0.459 e. The molecule has 1 N–H and O–H groups in total. The highest BCUT2D eigenvalue weighted by atomic mass is 32.2. The number of furan rings is 1. The second-order valence-electron chi connectivity index (χ2n) is 5.97. The number of hydrogen-bond acceptors (Lipinski definition) is 5. The van der Waals surface area contributed by atoms with Gasteiger partial charge in [0.05, 0.1) is 24.8 Å². The molecule has 0 spiro atoms. The summed E-state index contributed by atoms with van der Waals surface area (Å²) in [5.41, 5.74) is 1.67. The molecule has 0 unspecified atom stereocenters. The summed E-state index contributed by atoms with van der Waals surface area (Å²) in [5.74, 6) is 0.0415. The Morgan fingerprint density at radius 1 is 1.46 bits per heavy atom. The first-order valence-electron chi connectivity index (χ1n) is 7.65. The third kappa shape index (κ3) is 3.51. The second kappa shape index (κ2) is 6.40. The highest BCUT2D eigenvalue weighted by molar-refractivity contribution is 7.88. The number of aromatic nitrogens is 2. The molecule has 0 saturated carbocycles. The van der Waals surface area contributed by atoms with E-state index in [2.05, 4.69) is 9.82 Å². The van der Waals surface area contributed by atoms with Crippen molar-refractivity contribution in [1.29, 1.82) is 0 Å². The van der Waals surface area contributed by atoms with Gasteiger partial charge in [-0.2, -0.15) is 5.10 Å². The Labute approximate surface area is 140 Å². The van der Waals surface area contributed by atoms with Crippen molar-refractivity contribution >= 4 is 15.9 Å². The summed E-state index contributed by atoms with van der Waals surface area (Å²) < 4.78 is 32.5. The Bertz CT molecular complexity index is 839. The highest BCUT2D eigenvalue weighted by Crippen LogP contribution is 2.21. The average Bonchev–Trinajstić information content (AvgIpc) is 3.09. The fraction of sp³-hybridized carbons (Fsp3) is 0.467. The number of sulfonamides is 1. The van der Waals surface area contributed by atoms with Gasteiger partial charge in [-0.3, -0.25) is 9.48 Å². The molecule has 0 fully saturated rings. The van der Waals surface area contributed by atoms with Crippen LogP contribution in [0.5, 0.6) is 0 Å². The normalized spacial score (nSPS) is 18.2. The molecule has 8 nitrogen and oxygen atoms in total. The van der Waals surface area contributed by atoms with Crippen LogP contribution in [-0.2, 0) is 23.1 Å². The van der Waals surface area contributed by atoms with Crippen LogP contribution in [0.2, 0.25) is 0 Å². The summed E-state index contributed by atoms with van der Waals surface area (Å²) in [5, 5.41) is 4.25. The molecule has 0 aromatic carbocycles. The van der Waals surface area contributed by atoms with Crippen molar-refractivity contribution in [3.63, 3.8) is 0 Å². The molecule has 0 bridgehead atoms. The minimum absolute atomic E-state index is 0.162. The lowest BCUT2D eigenvalue weighted by Gasteiger charge is -2.29. The zero-order valence-electron chi connectivity index (χ0n) is 13.6. The van der Waals surface area contributed by atoms with Gasteiger partial charge in [-0.1, -0.05) is 0 Å². The van der Waals surface area contributed by atoms with Gasteiger partial charge in [0.2, 0.25) is 10.0 Å². The Morgan fingerprint density at radius 2 is 2.25 bits per heavy atom. The number of nitrogens with one attached hydrogen (secondary N) is 1. The van der Waals surface area contributed by atoms with Crippen LogP contribution in [0.1, 0.15) is 28.2 Å². The fourth-order valence-corrected chi connectivity index (χ4v) is 3.34. The first-order chi connectivity index (χ1) is 11.3. The lowest BCUT2D eigenvalue weighted by molar-refractivity contribution is 0.0628. The lowest BCUT2D eigenvalue weighted by Crippen LogP contribution is -2.46. The van der Waals surface area contributed by atoms with Gasteiger partial charge in [0, 0.05) is 30.9 Å². The number of aryl methyl sites for hydroxylation is 2. The van der Waals surface area contributed by atoms with Crippen LogP contribution in [-0.4, -0.2) is 47.8 Å². The van der Waals surface area contributed by atoms with Crippen LogP contribution in [0, 0.1) is 6.92 Å². The standard InChI is InChI=1S/C15H20N4O4S/c1-11-5-8-23-14(11)15(20)18-10-13-3-6-16-19(13)7-4-12(18)9-17-24(2,21)22/h3,5-6,8,12,17H,4,7,9-10H2,1-2H3/t12-/m0/s1. The smallest absolute Gasteiger partial charge is 0.290 e. The van der Waals surface area contributed by atoms with Crippen molar-refractivity contribution in [1.82, 2.24) is 19.4 Å². The topological polar surface area (TPSA) is 97.4 Å². The molecule has 9 heteroatoms. The van der Waals surface area contributed by atoms with Gasteiger partial charge < -0.3 is 9.32 Å². The van der Waals surface area contributed by atoms with Crippen LogP contribution < -0.4 is 4.72 Å². The van der Waals surface area contributed by atoms with E-state index in [0.29, 0.717) is 19.5 Å². The van der Waals surface area contributed by atoms with Crippen molar-refractivity contribution in [3.8, 4) is 0 Å². The summed E-state index contributed by atoms with van der Waals surface area (Å²) in [6, 6.07) is 3.32. The van der Waals surface area contributed by atoms with E-state index in [1.165, 1.54) is 6.26 Å². The van der Waals surface area contributed by atoms with Crippen molar-refractivity contribution in [3.05, 3.63) is 41.6 Å². The summed E-state index contributed by atoms with van der Waals surface area (Å²) in [6.45, 7) is 2.95. The maximum atomic E-state index is 12.9. The monoisotopic (exact) mass is 352 g/mol. The van der Waals surface area contributed by atoms with Gasteiger partial charge in [0.1, 0.15) is 0 Å². The third-order valence-corrected chi connectivity index (χ3v) is 4.84. The molecule has 1 atom stereocenters. The van der Waals surface area contributed by atoms with Crippen LogP contribution >= 0.6 is 0 Å². The molecule has 0 aliphatic carbocycles. The number of fused-ring (bicyclic) bond motifs is 1.